The van der Waals surface area contributed by atoms with Crippen molar-refractivity contribution in [2.24, 2.45) is 0 Å². The van der Waals surface area contributed by atoms with Gasteiger partial charge in [-0.3, -0.25) is 14.8 Å². The third-order valence-electron chi connectivity index (χ3n) is 5.01. The number of fused-ring (bicyclic) bond motifs is 3. The van der Waals surface area contributed by atoms with Gasteiger partial charge < -0.3 is 5.32 Å². The van der Waals surface area contributed by atoms with Gasteiger partial charge in [-0.1, -0.05) is 52.3 Å². The Morgan fingerprint density at radius 2 is 1.57 bits per heavy atom. The van der Waals surface area contributed by atoms with E-state index in [0.29, 0.717) is 5.56 Å². The predicted molar refractivity (Wildman–Crippen MR) is 125 cm³/mol. The Bertz CT molecular complexity index is 1410. The minimum absolute atomic E-state index is 0.159. The number of carbonyl (C=O) groups is 1. The lowest BCUT2D eigenvalue weighted by Gasteiger charge is -2.14. The number of rotatable bonds is 3. The Morgan fingerprint density at radius 3 is 2.43 bits per heavy atom. The molecule has 0 aliphatic rings. The number of nitrogens with one attached hydrogen (secondary N) is 1. The third kappa shape index (κ3) is 3.33. The number of benzene rings is 3. The van der Waals surface area contributed by atoms with Gasteiger partial charge in [0, 0.05) is 44.5 Å². The van der Waals surface area contributed by atoms with Crippen LogP contribution in [-0.2, 0) is 0 Å². The SMILES string of the molecule is O=C(Nc1ccccc1-c1cc2cccnc2c2ncccc12)c1cccc(Br)c1. The summed E-state index contributed by atoms with van der Waals surface area (Å²) in [6.45, 7) is 0. The molecule has 144 valence electrons. The van der Waals surface area contributed by atoms with Gasteiger partial charge in [-0.15, -0.1) is 0 Å². The second-order valence-electron chi connectivity index (χ2n) is 6.91. The molecule has 0 saturated heterocycles. The van der Waals surface area contributed by atoms with Crippen LogP contribution in [0.3, 0.4) is 0 Å². The zero-order valence-electron chi connectivity index (χ0n) is 15.8. The van der Waals surface area contributed by atoms with Crippen LogP contribution in [0, 0.1) is 0 Å². The molecule has 5 rings (SSSR count). The average molecular weight is 454 g/mol. The summed E-state index contributed by atoms with van der Waals surface area (Å²) < 4.78 is 0.863. The molecule has 4 nitrogen and oxygen atoms in total. The molecule has 30 heavy (non-hydrogen) atoms. The monoisotopic (exact) mass is 453 g/mol. The van der Waals surface area contributed by atoms with E-state index in [1.54, 1.807) is 24.5 Å². The zero-order chi connectivity index (χ0) is 20.5. The van der Waals surface area contributed by atoms with Gasteiger partial charge in [0.1, 0.15) is 0 Å². The van der Waals surface area contributed by atoms with Gasteiger partial charge in [0.2, 0.25) is 0 Å². The van der Waals surface area contributed by atoms with Gasteiger partial charge in [0.25, 0.3) is 5.91 Å². The van der Waals surface area contributed by atoms with Crippen LogP contribution in [0.4, 0.5) is 5.69 Å². The first kappa shape index (κ1) is 18.5. The van der Waals surface area contributed by atoms with Crippen molar-refractivity contribution in [1.82, 2.24) is 9.97 Å². The van der Waals surface area contributed by atoms with Crippen LogP contribution in [0.2, 0.25) is 0 Å². The zero-order valence-corrected chi connectivity index (χ0v) is 17.4. The summed E-state index contributed by atoms with van der Waals surface area (Å²) in [5.41, 5.74) is 4.99. The molecule has 1 amide bonds. The highest BCUT2D eigenvalue weighted by molar-refractivity contribution is 9.10. The first-order chi connectivity index (χ1) is 14.7. The maximum absolute atomic E-state index is 12.9. The molecule has 2 heterocycles. The Balaban J connectivity index is 1.67. The number of hydrogen-bond donors (Lipinski definition) is 1. The first-order valence-corrected chi connectivity index (χ1v) is 10.3. The Morgan fingerprint density at radius 1 is 0.767 bits per heavy atom. The van der Waals surface area contributed by atoms with Crippen molar-refractivity contribution in [3.05, 3.63) is 101 Å². The summed E-state index contributed by atoms with van der Waals surface area (Å²) in [7, 11) is 0. The number of halogens is 1. The van der Waals surface area contributed by atoms with Crippen molar-refractivity contribution in [2.75, 3.05) is 5.32 Å². The van der Waals surface area contributed by atoms with Crippen LogP contribution < -0.4 is 5.32 Å². The smallest absolute Gasteiger partial charge is 0.255 e. The first-order valence-electron chi connectivity index (χ1n) is 9.49. The van der Waals surface area contributed by atoms with E-state index in [4.69, 9.17) is 0 Å². The van der Waals surface area contributed by atoms with Crippen molar-refractivity contribution in [1.29, 1.82) is 0 Å². The number of nitrogens with zero attached hydrogens (tertiary/aromatic N) is 2. The fraction of sp³-hybridized carbons (Fsp3) is 0. The lowest BCUT2D eigenvalue weighted by molar-refractivity contribution is 0.102. The van der Waals surface area contributed by atoms with Crippen LogP contribution in [-0.4, -0.2) is 15.9 Å². The van der Waals surface area contributed by atoms with Crippen LogP contribution in [0.15, 0.2) is 95.7 Å². The number of amides is 1. The van der Waals surface area contributed by atoms with Crippen molar-refractivity contribution in [2.45, 2.75) is 0 Å². The second-order valence-corrected chi connectivity index (χ2v) is 7.82. The molecule has 1 N–H and O–H groups in total. The van der Waals surface area contributed by atoms with E-state index in [-0.39, 0.29) is 5.91 Å². The Labute approximate surface area is 181 Å². The predicted octanol–water partition coefficient (Wildman–Crippen LogP) is 6.46. The highest BCUT2D eigenvalue weighted by Crippen LogP contribution is 2.36. The molecular formula is C25H16BrN3O. The van der Waals surface area contributed by atoms with Crippen molar-refractivity contribution >= 4 is 49.3 Å². The Kier molecular flexibility index (Phi) is 4.73. The minimum atomic E-state index is -0.159. The highest BCUT2D eigenvalue weighted by atomic mass is 79.9. The van der Waals surface area contributed by atoms with Gasteiger partial charge in [0.15, 0.2) is 0 Å². The summed E-state index contributed by atoms with van der Waals surface area (Å²) in [5.74, 6) is -0.159. The molecule has 0 atom stereocenters. The van der Waals surface area contributed by atoms with Crippen molar-refractivity contribution < 1.29 is 4.79 Å². The third-order valence-corrected chi connectivity index (χ3v) is 5.51. The molecular weight excluding hydrogens is 438 g/mol. The second kappa shape index (κ2) is 7.69. The summed E-state index contributed by atoms with van der Waals surface area (Å²) in [6.07, 6.45) is 3.56. The van der Waals surface area contributed by atoms with Crippen LogP contribution in [0.1, 0.15) is 10.4 Å². The van der Waals surface area contributed by atoms with Crippen molar-refractivity contribution in [3.8, 4) is 11.1 Å². The molecule has 0 fully saturated rings. The van der Waals surface area contributed by atoms with Gasteiger partial charge >= 0.3 is 0 Å². The van der Waals surface area contributed by atoms with E-state index >= 15 is 0 Å². The lowest BCUT2D eigenvalue weighted by Crippen LogP contribution is -2.12. The van der Waals surface area contributed by atoms with E-state index < -0.39 is 0 Å². The van der Waals surface area contributed by atoms with Gasteiger partial charge in [-0.25, -0.2) is 0 Å². The largest absolute Gasteiger partial charge is 0.321 e. The number of carbonyl (C=O) groups excluding carboxylic acids is 1. The summed E-state index contributed by atoms with van der Waals surface area (Å²) in [6, 6.07) is 25.2. The van der Waals surface area contributed by atoms with Gasteiger partial charge in [-0.2, -0.15) is 0 Å². The number of hydrogen-bond acceptors (Lipinski definition) is 3. The van der Waals surface area contributed by atoms with Crippen LogP contribution in [0.25, 0.3) is 32.9 Å². The number of pyridine rings is 2. The quantitative estimate of drug-likeness (QED) is 0.318. The normalized spacial score (nSPS) is 11.0. The molecule has 0 aliphatic heterocycles. The maximum atomic E-state index is 12.9. The molecule has 0 aliphatic carbocycles. The van der Waals surface area contributed by atoms with Gasteiger partial charge in [0.05, 0.1) is 11.0 Å². The standard InChI is InChI=1S/C25H16BrN3O/c26-18-8-3-6-17(14-18)25(30)29-22-11-2-1-9-19(22)21-15-16-7-4-12-27-23(16)24-20(21)10-5-13-28-24/h1-15H,(H,29,30). The fourth-order valence-electron chi connectivity index (χ4n) is 3.65. The van der Waals surface area contributed by atoms with E-state index in [1.807, 2.05) is 60.7 Å². The van der Waals surface area contributed by atoms with E-state index in [2.05, 4.69) is 37.3 Å². The average Bonchev–Trinajstić information content (AvgIpc) is 2.79. The summed E-state index contributed by atoms with van der Waals surface area (Å²) in [5, 5.41) is 5.07. The fourth-order valence-corrected chi connectivity index (χ4v) is 4.05. The molecule has 5 aromatic rings. The highest BCUT2D eigenvalue weighted by Gasteiger charge is 2.15. The molecule has 0 spiro atoms. The van der Waals surface area contributed by atoms with Crippen molar-refractivity contribution in [3.63, 3.8) is 0 Å². The molecule has 3 aromatic carbocycles. The topological polar surface area (TPSA) is 54.9 Å². The van der Waals surface area contributed by atoms with Crippen LogP contribution >= 0.6 is 15.9 Å². The summed E-state index contributed by atoms with van der Waals surface area (Å²) in [4.78, 5) is 22.0. The van der Waals surface area contributed by atoms with E-state index in [1.165, 1.54) is 0 Å². The van der Waals surface area contributed by atoms with E-state index in [0.717, 1.165) is 43.1 Å². The molecule has 5 heteroatoms. The molecule has 0 saturated carbocycles. The van der Waals surface area contributed by atoms with Gasteiger partial charge in [-0.05, 0) is 48.0 Å². The molecule has 2 aromatic heterocycles. The number of anilines is 1. The van der Waals surface area contributed by atoms with E-state index in [9.17, 15) is 4.79 Å². The number of para-hydroxylation sites is 1. The summed E-state index contributed by atoms with van der Waals surface area (Å²) >= 11 is 3.42. The van der Waals surface area contributed by atoms with Crippen LogP contribution in [0.5, 0.6) is 0 Å². The maximum Gasteiger partial charge on any atom is 0.255 e. The Hall–Kier alpha value is -3.57. The molecule has 0 bridgehead atoms. The number of aromatic nitrogens is 2. The minimum Gasteiger partial charge on any atom is -0.321 e. The molecule has 0 radical (unpaired) electrons. The molecule has 0 unspecified atom stereocenters. The lowest BCUT2D eigenvalue weighted by atomic mass is 9.96.